The van der Waals surface area contributed by atoms with Gasteiger partial charge in [0, 0.05) is 6.92 Å². The zero-order valence-electron chi connectivity index (χ0n) is 5.51. The van der Waals surface area contributed by atoms with Crippen molar-refractivity contribution in [2.24, 2.45) is 0 Å². The van der Waals surface area contributed by atoms with Gasteiger partial charge in [-0.05, 0) is 0 Å². The summed E-state index contributed by atoms with van der Waals surface area (Å²) >= 11 is 0. The van der Waals surface area contributed by atoms with Gasteiger partial charge in [-0.1, -0.05) is 5.92 Å². The van der Waals surface area contributed by atoms with Gasteiger partial charge in [0.2, 0.25) is 5.91 Å². The van der Waals surface area contributed by atoms with E-state index < -0.39 is 0 Å². The number of halogens is 2. The first-order chi connectivity index (χ1) is 3.77. The zero-order valence-corrected chi connectivity index (χ0v) is 7.14. The smallest absolute Gasteiger partial charge is 0.230 e. The van der Waals surface area contributed by atoms with Crippen molar-refractivity contribution >= 4 is 30.7 Å². The van der Waals surface area contributed by atoms with Crippen molar-refractivity contribution in [2.45, 2.75) is 6.92 Å². The predicted molar refractivity (Wildman–Crippen MR) is 45.1 cm³/mol. The third kappa shape index (κ3) is 15.6. The molecule has 0 saturated carbocycles. The third-order valence-electron chi connectivity index (χ3n) is 0.455. The van der Waals surface area contributed by atoms with Gasteiger partial charge in [0.15, 0.2) is 0 Å². The van der Waals surface area contributed by atoms with Crippen LogP contribution in [0.1, 0.15) is 6.92 Å². The minimum atomic E-state index is -0.139. The van der Waals surface area contributed by atoms with Gasteiger partial charge in [-0.25, -0.2) is 5.43 Å². The second-order valence-electron chi connectivity index (χ2n) is 1.24. The Hall–Kier alpha value is -0.430. The number of hydrogen-bond acceptors (Lipinski definition) is 2. The van der Waals surface area contributed by atoms with E-state index in [1.54, 1.807) is 0 Å². The first kappa shape index (κ1) is 16.3. The maximum atomic E-state index is 10.1. The molecule has 0 atom stereocenters. The fourth-order valence-corrected chi connectivity index (χ4v) is 0.220. The summed E-state index contributed by atoms with van der Waals surface area (Å²) in [6, 6.07) is 0. The Labute approximate surface area is 72.7 Å². The predicted octanol–water partition coefficient (Wildman–Crippen LogP) is 0.104. The van der Waals surface area contributed by atoms with Crippen LogP contribution in [-0.4, -0.2) is 12.5 Å². The van der Waals surface area contributed by atoms with Crippen LogP contribution in [0.4, 0.5) is 0 Å². The van der Waals surface area contributed by atoms with Gasteiger partial charge in [0.25, 0.3) is 0 Å². The van der Waals surface area contributed by atoms with Crippen LogP contribution in [0.25, 0.3) is 0 Å². The Kier molecular flexibility index (Phi) is 18.5. The van der Waals surface area contributed by atoms with Crippen molar-refractivity contribution in [3.05, 3.63) is 0 Å². The normalized spacial score (nSPS) is 6.00. The molecule has 5 heteroatoms. The Morgan fingerprint density at radius 1 is 1.60 bits per heavy atom. The lowest BCUT2D eigenvalue weighted by Gasteiger charge is -1.96. The summed E-state index contributed by atoms with van der Waals surface area (Å²) in [4.78, 5) is 10.1. The summed E-state index contributed by atoms with van der Waals surface area (Å²) < 4.78 is 0. The van der Waals surface area contributed by atoms with E-state index in [9.17, 15) is 4.79 Å². The molecule has 0 radical (unpaired) electrons. The van der Waals surface area contributed by atoms with E-state index in [1.807, 2.05) is 0 Å². The van der Waals surface area contributed by atoms with Crippen LogP contribution in [-0.2, 0) is 4.79 Å². The molecule has 10 heavy (non-hydrogen) atoms. The van der Waals surface area contributed by atoms with E-state index in [-0.39, 0.29) is 30.7 Å². The first-order valence-corrected chi connectivity index (χ1v) is 2.20. The van der Waals surface area contributed by atoms with Gasteiger partial charge in [-0.3, -0.25) is 10.2 Å². The van der Waals surface area contributed by atoms with E-state index in [1.165, 1.54) is 6.92 Å². The fraction of sp³-hybridized carbons (Fsp3) is 0.400. The maximum Gasteiger partial charge on any atom is 0.230 e. The number of hydrazine groups is 1. The van der Waals surface area contributed by atoms with E-state index >= 15 is 0 Å². The highest BCUT2D eigenvalue weighted by atomic mass is 35.5. The Balaban J connectivity index is -0.000000245. The number of carbonyl (C=O) groups excluding carboxylic acids is 1. The minimum absolute atomic E-state index is 0. The summed E-state index contributed by atoms with van der Waals surface area (Å²) in [5.41, 5.74) is 4.81. The highest BCUT2D eigenvalue weighted by Crippen LogP contribution is 1.51. The van der Waals surface area contributed by atoms with Crippen LogP contribution >= 0.6 is 24.8 Å². The molecule has 3 nitrogen and oxygen atoms in total. The molecule has 60 valence electrons. The monoisotopic (exact) mass is 184 g/mol. The number of hydrogen-bond donors (Lipinski definition) is 2. The van der Waals surface area contributed by atoms with Crippen LogP contribution in [0.5, 0.6) is 0 Å². The van der Waals surface area contributed by atoms with Gasteiger partial charge in [-0.2, -0.15) is 0 Å². The van der Waals surface area contributed by atoms with Crippen LogP contribution in [0, 0.1) is 12.3 Å². The number of rotatable bonds is 2. The average molecular weight is 185 g/mol. The second kappa shape index (κ2) is 11.4. The number of nitrogens with one attached hydrogen (secondary N) is 2. The van der Waals surface area contributed by atoms with E-state index in [2.05, 4.69) is 16.8 Å². The van der Waals surface area contributed by atoms with Gasteiger partial charge in [0.1, 0.15) is 0 Å². The molecule has 0 spiro atoms. The molecular formula is C5H10Cl2N2O. The van der Waals surface area contributed by atoms with Crippen molar-refractivity contribution in [1.29, 1.82) is 0 Å². The molecule has 0 fully saturated rings. The van der Waals surface area contributed by atoms with Gasteiger partial charge < -0.3 is 0 Å². The highest BCUT2D eigenvalue weighted by molar-refractivity contribution is 5.85. The molecule has 1 amide bonds. The average Bonchev–Trinajstić information content (AvgIpc) is 1.66. The van der Waals surface area contributed by atoms with Gasteiger partial charge >= 0.3 is 0 Å². The molecule has 0 aliphatic rings. The summed E-state index contributed by atoms with van der Waals surface area (Å²) in [5, 5.41) is 0. The molecule has 0 aromatic heterocycles. The molecule has 2 N–H and O–H groups in total. The van der Waals surface area contributed by atoms with Crippen molar-refractivity contribution in [2.75, 3.05) is 6.54 Å². The lowest BCUT2D eigenvalue weighted by Crippen LogP contribution is -2.35. The topological polar surface area (TPSA) is 41.1 Å². The summed E-state index contributed by atoms with van der Waals surface area (Å²) in [7, 11) is 0. The highest BCUT2D eigenvalue weighted by Gasteiger charge is 1.82. The van der Waals surface area contributed by atoms with E-state index in [4.69, 9.17) is 6.42 Å². The molecule has 0 rings (SSSR count). The largest absolute Gasteiger partial charge is 0.291 e. The standard InChI is InChI=1S/C5H8N2O.2ClH/c1-3-4-6-7-5(2)8;;/h1,6H,4H2,2H3,(H,7,8);2*1H. The van der Waals surface area contributed by atoms with Crippen LogP contribution in [0.15, 0.2) is 0 Å². The Bertz CT molecular complexity index is 121. The van der Waals surface area contributed by atoms with Crippen molar-refractivity contribution in [3.8, 4) is 12.3 Å². The lowest BCUT2D eigenvalue weighted by atomic mass is 10.7. The SMILES string of the molecule is C#CCNNC(C)=O.Cl.Cl. The number of amides is 1. The summed E-state index contributed by atoms with van der Waals surface area (Å²) in [6.07, 6.45) is 4.85. The molecule has 0 saturated heterocycles. The fourth-order valence-electron chi connectivity index (χ4n) is 0.220. The maximum absolute atomic E-state index is 10.1. The number of terminal acetylenes is 1. The molecule has 0 aromatic carbocycles. The van der Waals surface area contributed by atoms with Crippen molar-refractivity contribution in [1.82, 2.24) is 10.9 Å². The van der Waals surface area contributed by atoms with Gasteiger partial charge in [0.05, 0.1) is 6.54 Å². The Morgan fingerprint density at radius 2 is 2.10 bits per heavy atom. The van der Waals surface area contributed by atoms with E-state index in [0.717, 1.165) is 0 Å². The van der Waals surface area contributed by atoms with Crippen molar-refractivity contribution in [3.63, 3.8) is 0 Å². The second-order valence-corrected chi connectivity index (χ2v) is 1.24. The zero-order chi connectivity index (χ0) is 6.41. The van der Waals surface area contributed by atoms with Crippen LogP contribution < -0.4 is 10.9 Å². The molecule has 0 aliphatic carbocycles. The quantitative estimate of drug-likeness (QED) is 0.364. The molecular weight excluding hydrogens is 175 g/mol. The third-order valence-corrected chi connectivity index (χ3v) is 0.455. The van der Waals surface area contributed by atoms with E-state index in [0.29, 0.717) is 6.54 Å². The first-order valence-electron chi connectivity index (χ1n) is 2.20. The van der Waals surface area contributed by atoms with Crippen LogP contribution in [0.3, 0.4) is 0 Å². The molecule has 0 bridgehead atoms. The van der Waals surface area contributed by atoms with Gasteiger partial charge in [-0.15, -0.1) is 31.2 Å². The van der Waals surface area contributed by atoms with Crippen LogP contribution in [0.2, 0.25) is 0 Å². The summed E-state index contributed by atoms with van der Waals surface area (Å²) in [5.74, 6) is 2.16. The molecule has 0 aliphatic heterocycles. The minimum Gasteiger partial charge on any atom is -0.291 e. The molecule has 0 heterocycles. The summed E-state index contributed by atoms with van der Waals surface area (Å²) in [6.45, 7) is 1.77. The lowest BCUT2D eigenvalue weighted by molar-refractivity contribution is -0.119. The Morgan fingerprint density at radius 3 is 2.40 bits per heavy atom. The molecule has 0 aromatic rings. The number of carbonyl (C=O) groups is 1. The van der Waals surface area contributed by atoms with Crippen molar-refractivity contribution < 1.29 is 4.79 Å². The molecule has 0 unspecified atom stereocenters.